The van der Waals surface area contributed by atoms with E-state index in [1.807, 2.05) is 6.92 Å². The first kappa shape index (κ1) is 13.9. The van der Waals surface area contributed by atoms with E-state index in [0.717, 1.165) is 19.4 Å². The first-order valence-electron chi connectivity index (χ1n) is 6.08. The highest BCUT2D eigenvalue weighted by molar-refractivity contribution is 4.80. The summed E-state index contributed by atoms with van der Waals surface area (Å²) in [6.07, 6.45) is 7.33. The maximum absolute atomic E-state index is 5.79. The van der Waals surface area contributed by atoms with Gasteiger partial charge in [0.15, 0.2) is 0 Å². The normalized spacial score (nSPS) is 15.4. The number of unbranched alkanes of at least 4 members (excludes halogenated alkanes) is 3. The number of hydrogen-bond donors (Lipinski definition) is 1. The van der Waals surface area contributed by atoms with Crippen molar-refractivity contribution in [2.45, 2.75) is 64.9 Å². The second kappa shape index (κ2) is 8.25. The van der Waals surface area contributed by atoms with Gasteiger partial charge in [-0.1, -0.05) is 39.5 Å². The minimum Gasteiger partial charge on any atom is -0.374 e. The van der Waals surface area contributed by atoms with Gasteiger partial charge in [0.2, 0.25) is 0 Å². The highest BCUT2D eigenvalue weighted by Crippen LogP contribution is 2.22. The van der Waals surface area contributed by atoms with Gasteiger partial charge in [-0.05, 0) is 19.8 Å². The fourth-order valence-electron chi connectivity index (χ4n) is 1.84. The lowest BCUT2D eigenvalue weighted by molar-refractivity contribution is -0.0427. The van der Waals surface area contributed by atoms with E-state index < -0.39 is 0 Å². The summed E-state index contributed by atoms with van der Waals surface area (Å²) < 4.78 is 5.78. The molecule has 0 bridgehead atoms. The first-order chi connectivity index (χ1) is 6.74. The minimum atomic E-state index is -0.0392. The van der Waals surface area contributed by atoms with Crippen LogP contribution in [0.5, 0.6) is 0 Å². The molecular weight excluding hydrogens is 174 g/mol. The van der Waals surface area contributed by atoms with Crippen molar-refractivity contribution < 1.29 is 4.74 Å². The second-order valence-electron chi connectivity index (χ2n) is 3.98. The van der Waals surface area contributed by atoms with Gasteiger partial charge in [-0.25, -0.2) is 0 Å². The SMILES string of the molecule is CCCCCCC(CC)(CN)OCC. The quantitative estimate of drug-likeness (QED) is 0.582. The Morgan fingerprint density at radius 1 is 1.07 bits per heavy atom. The van der Waals surface area contributed by atoms with E-state index in [1.54, 1.807) is 0 Å². The Hall–Kier alpha value is -0.0800. The maximum atomic E-state index is 5.79. The number of ether oxygens (including phenoxy) is 1. The molecule has 14 heavy (non-hydrogen) atoms. The summed E-state index contributed by atoms with van der Waals surface area (Å²) in [7, 11) is 0. The maximum Gasteiger partial charge on any atom is 0.0801 e. The molecule has 0 aliphatic rings. The van der Waals surface area contributed by atoms with E-state index in [9.17, 15) is 0 Å². The third kappa shape index (κ3) is 4.97. The highest BCUT2D eigenvalue weighted by Gasteiger charge is 2.25. The van der Waals surface area contributed by atoms with Gasteiger partial charge in [-0.2, -0.15) is 0 Å². The minimum absolute atomic E-state index is 0.0392. The molecule has 2 nitrogen and oxygen atoms in total. The molecule has 0 heterocycles. The Kier molecular flexibility index (Phi) is 8.20. The molecule has 0 aromatic carbocycles. The van der Waals surface area contributed by atoms with Crippen molar-refractivity contribution in [2.24, 2.45) is 5.73 Å². The van der Waals surface area contributed by atoms with Crippen LogP contribution in [0.15, 0.2) is 0 Å². The Labute approximate surface area is 89.2 Å². The van der Waals surface area contributed by atoms with Crippen LogP contribution in [0.1, 0.15) is 59.3 Å². The van der Waals surface area contributed by atoms with Crippen LogP contribution in [0.4, 0.5) is 0 Å². The molecular formula is C12H27NO. The van der Waals surface area contributed by atoms with Crippen molar-refractivity contribution in [1.82, 2.24) is 0 Å². The van der Waals surface area contributed by atoms with Gasteiger partial charge in [0, 0.05) is 13.2 Å². The van der Waals surface area contributed by atoms with Crippen LogP contribution in [0.2, 0.25) is 0 Å². The van der Waals surface area contributed by atoms with Crippen molar-refractivity contribution in [3.05, 3.63) is 0 Å². The van der Waals surface area contributed by atoms with Crippen LogP contribution in [-0.4, -0.2) is 18.8 Å². The molecule has 0 aromatic heterocycles. The molecule has 0 aliphatic heterocycles. The van der Waals surface area contributed by atoms with Crippen molar-refractivity contribution >= 4 is 0 Å². The lowest BCUT2D eigenvalue weighted by atomic mass is 9.93. The third-order valence-corrected chi connectivity index (χ3v) is 2.95. The van der Waals surface area contributed by atoms with Gasteiger partial charge in [0.25, 0.3) is 0 Å². The van der Waals surface area contributed by atoms with Crippen molar-refractivity contribution in [3.63, 3.8) is 0 Å². The highest BCUT2D eigenvalue weighted by atomic mass is 16.5. The number of rotatable bonds is 9. The van der Waals surface area contributed by atoms with Gasteiger partial charge in [0.05, 0.1) is 5.60 Å². The molecule has 0 radical (unpaired) electrons. The van der Waals surface area contributed by atoms with Crippen LogP contribution in [0.3, 0.4) is 0 Å². The molecule has 0 aliphatic carbocycles. The molecule has 0 amide bonds. The van der Waals surface area contributed by atoms with Gasteiger partial charge in [0.1, 0.15) is 0 Å². The van der Waals surface area contributed by atoms with E-state index in [0.29, 0.717) is 6.54 Å². The third-order valence-electron chi connectivity index (χ3n) is 2.95. The van der Waals surface area contributed by atoms with Gasteiger partial charge in [-0.15, -0.1) is 0 Å². The summed E-state index contributed by atoms with van der Waals surface area (Å²) >= 11 is 0. The van der Waals surface area contributed by atoms with E-state index >= 15 is 0 Å². The standard InChI is InChI=1S/C12H27NO/c1-4-7-8-9-10-12(5-2,11-13)14-6-3/h4-11,13H2,1-3H3. The molecule has 2 heteroatoms. The molecule has 0 rings (SSSR count). The zero-order chi connectivity index (χ0) is 10.9. The fourth-order valence-corrected chi connectivity index (χ4v) is 1.84. The smallest absolute Gasteiger partial charge is 0.0801 e. The average Bonchev–Trinajstić information content (AvgIpc) is 2.23. The number of hydrogen-bond acceptors (Lipinski definition) is 2. The Balaban J connectivity index is 3.82. The monoisotopic (exact) mass is 201 g/mol. The topological polar surface area (TPSA) is 35.2 Å². The average molecular weight is 201 g/mol. The molecule has 1 unspecified atom stereocenters. The lowest BCUT2D eigenvalue weighted by Crippen LogP contribution is -2.40. The van der Waals surface area contributed by atoms with E-state index in [2.05, 4.69) is 13.8 Å². The van der Waals surface area contributed by atoms with Gasteiger partial charge >= 0.3 is 0 Å². The van der Waals surface area contributed by atoms with E-state index in [4.69, 9.17) is 10.5 Å². The zero-order valence-corrected chi connectivity index (χ0v) is 10.1. The molecule has 0 aromatic rings. The predicted octanol–water partition coefficient (Wildman–Crippen LogP) is 3.10. The molecule has 1 atom stereocenters. The van der Waals surface area contributed by atoms with E-state index in [-0.39, 0.29) is 5.60 Å². The van der Waals surface area contributed by atoms with Crippen molar-refractivity contribution in [1.29, 1.82) is 0 Å². The number of nitrogens with two attached hydrogens (primary N) is 1. The molecule has 0 saturated carbocycles. The Morgan fingerprint density at radius 3 is 2.21 bits per heavy atom. The van der Waals surface area contributed by atoms with Crippen LogP contribution in [-0.2, 0) is 4.74 Å². The van der Waals surface area contributed by atoms with Crippen LogP contribution < -0.4 is 5.73 Å². The van der Waals surface area contributed by atoms with Crippen LogP contribution >= 0.6 is 0 Å². The van der Waals surface area contributed by atoms with Crippen LogP contribution in [0.25, 0.3) is 0 Å². The summed E-state index contributed by atoms with van der Waals surface area (Å²) in [5, 5.41) is 0. The summed E-state index contributed by atoms with van der Waals surface area (Å²) in [6.45, 7) is 7.88. The molecule has 0 saturated heterocycles. The summed E-state index contributed by atoms with van der Waals surface area (Å²) in [5.74, 6) is 0. The summed E-state index contributed by atoms with van der Waals surface area (Å²) in [4.78, 5) is 0. The molecule has 0 fully saturated rings. The Morgan fingerprint density at radius 2 is 1.79 bits per heavy atom. The van der Waals surface area contributed by atoms with Gasteiger partial charge in [-0.3, -0.25) is 0 Å². The summed E-state index contributed by atoms with van der Waals surface area (Å²) in [5.41, 5.74) is 5.75. The van der Waals surface area contributed by atoms with Crippen LogP contribution in [0, 0.1) is 0 Å². The van der Waals surface area contributed by atoms with Crippen molar-refractivity contribution in [2.75, 3.05) is 13.2 Å². The second-order valence-corrected chi connectivity index (χ2v) is 3.98. The first-order valence-corrected chi connectivity index (χ1v) is 6.08. The Bertz CT molecular complexity index is 121. The van der Waals surface area contributed by atoms with E-state index in [1.165, 1.54) is 25.7 Å². The molecule has 2 N–H and O–H groups in total. The predicted molar refractivity (Wildman–Crippen MR) is 62.5 cm³/mol. The van der Waals surface area contributed by atoms with Gasteiger partial charge < -0.3 is 10.5 Å². The fraction of sp³-hybridized carbons (Fsp3) is 1.00. The molecule has 0 spiro atoms. The largest absolute Gasteiger partial charge is 0.374 e. The summed E-state index contributed by atoms with van der Waals surface area (Å²) in [6, 6.07) is 0. The zero-order valence-electron chi connectivity index (χ0n) is 10.1. The van der Waals surface area contributed by atoms with Crippen molar-refractivity contribution in [3.8, 4) is 0 Å². The lowest BCUT2D eigenvalue weighted by Gasteiger charge is -2.31. The molecule has 86 valence electrons.